The number of hydrogen-bond donors (Lipinski definition) is 2. The van der Waals surface area contributed by atoms with Gasteiger partial charge in [0.1, 0.15) is 17.6 Å². The maximum absolute atomic E-state index is 13.3. The lowest BCUT2D eigenvalue weighted by Crippen LogP contribution is -2.50. The summed E-state index contributed by atoms with van der Waals surface area (Å²) in [5.74, 6) is -0.194. The molecular weight excluding hydrogens is 275 g/mol. The van der Waals surface area contributed by atoms with E-state index in [4.69, 9.17) is 4.74 Å². The molecule has 5 nitrogen and oxygen atoms in total. The number of benzene rings is 1. The Hall–Kier alpha value is -2.11. The number of nitrogens with one attached hydrogen (secondary N) is 2. The van der Waals surface area contributed by atoms with Crippen LogP contribution in [0.4, 0.5) is 4.39 Å². The Morgan fingerprint density at radius 3 is 2.90 bits per heavy atom. The summed E-state index contributed by atoms with van der Waals surface area (Å²) in [6.45, 7) is 2.13. The van der Waals surface area contributed by atoms with Crippen molar-refractivity contribution in [2.45, 2.75) is 32.4 Å². The van der Waals surface area contributed by atoms with Crippen LogP contribution in [0.25, 0.3) is 0 Å². The number of halogens is 1. The van der Waals surface area contributed by atoms with Crippen molar-refractivity contribution in [1.82, 2.24) is 10.6 Å². The number of ether oxygens (including phenoxy) is 1. The van der Waals surface area contributed by atoms with Gasteiger partial charge in [0, 0.05) is 19.0 Å². The lowest BCUT2D eigenvalue weighted by Gasteiger charge is -2.26. The third-order valence-electron chi connectivity index (χ3n) is 3.46. The van der Waals surface area contributed by atoms with E-state index >= 15 is 0 Å². The molecule has 2 amide bonds. The topological polar surface area (TPSA) is 67.4 Å². The van der Waals surface area contributed by atoms with Crippen LogP contribution in [-0.2, 0) is 16.1 Å². The minimum absolute atomic E-state index is 0.110. The fourth-order valence-electron chi connectivity index (χ4n) is 2.44. The van der Waals surface area contributed by atoms with Gasteiger partial charge < -0.3 is 15.4 Å². The standard InChI is InChI=1S/C15H19FN2O3/c1-9-3-13(18-14(19)4-9)15(20)17-8-10-5-11(16)7-12(6-10)21-2/h5-7,9,13H,3-4,8H2,1-2H3,(H,17,20)(H,18,19)/t9-,13-/m0/s1. The summed E-state index contributed by atoms with van der Waals surface area (Å²) in [6.07, 6.45) is 1.06. The van der Waals surface area contributed by atoms with Gasteiger partial charge in [-0.2, -0.15) is 0 Å². The number of rotatable bonds is 4. The van der Waals surface area contributed by atoms with Crippen molar-refractivity contribution in [3.05, 3.63) is 29.6 Å². The van der Waals surface area contributed by atoms with Crippen LogP contribution < -0.4 is 15.4 Å². The normalized spacial score (nSPS) is 21.6. The maximum Gasteiger partial charge on any atom is 0.242 e. The fraction of sp³-hybridized carbons (Fsp3) is 0.467. The van der Waals surface area contributed by atoms with Gasteiger partial charge in [-0.1, -0.05) is 6.92 Å². The highest BCUT2D eigenvalue weighted by Gasteiger charge is 2.28. The second-order valence-corrected chi connectivity index (χ2v) is 5.38. The Labute approximate surface area is 122 Å². The molecule has 1 aromatic carbocycles. The van der Waals surface area contributed by atoms with Crippen molar-refractivity contribution in [2.24, 2.45) is 5.92 Å². The molecule has 114 valence electrons. The van der Waals surface area contributed by atoms with Crippen molar-refractivity contribution in [2.75, 3.05) is 7.11 Å². The molecule has 21 heavy (non-hydrogen) atoms. The minimum atomic E-state index is -0.517. The van der Waals surface area contributed by atoms with Crippen molar-refractivity contribution >= 4 is 11.8 Å². The first-order valence-electron chi connectivity index (χ1n) is 6.88. The van der Waals surface area contributed by atoms with Gasteiger partial charge in [0.05, 0.1) is 7.11 Å². The van der Waals surface area contributed by atoms with Gasteiger partial charge in [-0.05, 0) is 30.0 Å². The van der Waals surface area contributed by atoms with Gasteiger partial charge in [-0.25, -0.2) is 4.39 Å². The summed E-state index contributed by atoms with van der Waals surface area (Å²) in [5, 5.41) is 5.38. The van der Waals surface area contributed by atoms with Gasteiger partial charge >= 0.3 is 0 Å². The Bertz CT molecular complexity index is 548. The predicted octanol–water partition coefficient (Wildman–Crippen LogP) is 1.37. The van der Waals surface area contributed by atoms with Gasteiger partial charge in [-0.3, -0.25) is 9.59 Å². The van der Waals surface area contributed by atoms with Crippen LogP contribution in [0.15, 0.2) is 18.2 Å². The van der Waals surface area contributed by atoms with Crippen LogP contribution >= 0.6 is 0 Å². The van der Waals surface area contributed by atoms with Crippen molar-refractivity contribution in [3.8, 4) is 5.75 Å². The molecule has 2 rings (SSSR count). The molecule has 0 saturated carbocycles. The molecule has 1 saturated heterocycles. The van der Waals surface area contributed by atoms with Crippen LogP contribution in [0.3, 0.4) is 0 Å². The average Bonchev–Trinajstić information content (AvgIpc) is 2.43. The van der Waals surface area contributed by atoms with E-state index in [2.05, 4.69) is 10.6 Å². The van der Waals surface area contributed by atoms with E-state index in [0.29, 0.717) is 24.2 Å². The molecule has 2 atom stereocenters. The quantitative estimate of drug-likeness (QED) is 0.881. The van der Waals surface area contributed by atoms with E-state index in [1.807, 2.05) is 6.92 Å². The van der Waals surface area contributed by atoms with Crippen LogP contribution in [-0.4, -0.2) is 25.0 Å². The van der Waals surface area contributed by atoms with E-state index in [1.54, 1.807) is 6.07 Å². The first kappa shape index (κ1) is 15.3. The van der Waals surface area contributed by atoms with Gasteiger partial charge in [0.25, 0.3) is 0 Å². The first-order chi connectivity index (χ1) is 9.97. The van der Waals surface area contributed by atoms with Crippen molar-refractivity contribution < 1.29 is 18.7 Å². The van der Waals surface area contributed by atoms with Crippen LogP contribution in [0.2, 0.25) is 0 Å². The number of piperidine rings is 1. The third-order valence-corrected chi connectivity index (χ3v) is 3.46. The van der Waals surface area contributed by atoms with Crippen molar-refractivity contribution in [1.29, 1.82) is 0 Å². The highest BCUT2D eigenvalue weighted by Crippen LogP contribution is 2.17. The lowest BCUT2D eigenvalue weighted by atomic mass is 9.93. The molecule has 0 aliphatic carbocycles. The summed E-state index contributed by atoms with van der Waals surface area (Å²) < 4.78 is 18.3. The van der Waals surface area contributed by atoms with E-state index in [0.717, 1.165) is 0 Å². The number of carbonyl (C=O) groups excluding carboxylic acids is 2. The number of amides is 2. The molecule has 0 spiro atoms. The lowest BCUT2D eigenvalue weighted by molar-refractivity contribution is -0.132. The monoisotopic (exact) mass is 294 g/mol. The number of methoxy groups -OCH3 is 1. The Balaban J connectivity index is 1.94. The largest absolute Gasteiger partial charge is 0.497 e. The van der Waals surface area contributed by atoms with Crippen LogP contribution in [0.5, 0.6) is 5.75 Å². The van der Waals surface area contributed by atoms with Crippen LogP contribution in [0, 0.1) is 11.7 Å². The van der Waals surface area contributed by atoms with Crippen LogP contribution in [0.1, 0.15) is 25.3 Å². The molecule has 0 aromatic heterocycles. The zero-order valence-electron chi connectivity index (χ0n) is 12.1. The van der Waals surface area contributed by atoms with Crippen molar-refractivity contribution in [3.63, 3.8) is 0 Å². The van der Waals surface area contributed by atoms with E-state index in [1.165, 1.54) is 19.2 Å². The maximum atomic E-state index is 13.3. The van der Waals surface area contributed by atoms with E-state index in [-0.39, 0.29) is 24.3 Å². The fourth-order valence-corrected chi connectivity index (χ4v) is 2.44. The summed E-state index contributed by atoms with van der Waals surface area (Å²) in [7, 11) is 1.45. The highest BCUT2D eigenvalue weighted by atomic mass is 19.1. The van der Waals surface area contributed by atoms with Gasteiger partial charge in [0.2, 0.25) is 11.8 Å². The second-order valence-electron chi connectivity index (χ2n) is 5.38. The summed E-state index contributed by atoms with van der Waals surface area (Å²) >= 11 is 0. The second kappa shape index (κ2) is 6.56. The summed E-state index contributed by atoms with van der Waals surface area (Å²) in [5.41, 5.74) is 0.607. The predicted molar refractivity (Wildman–Crippen MR) is 75.1 cm³/mol. The zero-order valence-corrected chi connectivity index (χ0v) is 12.1. The zero-order chi connectivity index (χ0) is 15.4. The molecule has 0 bridgehead atoms. The SMILES string of the molecule is COc1cc(F)cc(CNC(=O)[C@@H]2C[C@H](C)CC(=O)N2)c1. The number of carbonyl (C=O) groups is 2. The number of hydrogen-bond acceptors (Lipinski definition) is 3. The van der Waals surface area contributed by atoms with E-state index in [9.17, 15) is 14.0 Å². The Morgan fingerprint density at radius 1 is 1.48 bits per heavy atom. The molecule has 0 radical (unpaired) electrons. The molecule has 1 heterocycles. The van der Waals surface area contributed by atoms with Gasteiger partial charge in [0.15, 0.2) is 0 Å². The molecule has 1 aliphatic rings. The molecular formula is C15H19FN2O3. The Morgan fingerprint density at radius 2 is 2.24 bits per heavy atom. The molecule has 0 unspecified atom stereocenters. The van der Waals surface area contributed by atoms with E-state index < -0.39 is 11.9 Å². The molecule has 6 heteroatoms. The highest BCUT2D eigenvalue weighted by molar-refractivity contribution is 5.88. The third kappa shape index (κ3) is 4.18. The van der Waals surface area contributed by atoms with Gasteiger partial charge in [-0.15, -0.1) is 0 Å². The molecule has 1 fully saturated rings. The minimum Gasteiger partial charge on any atom is -0.497 e. The molecule has 1 aliphatic heterocycles. The average molecular weight is 294 g/mol. The molecule has 1 aromatic rings. The summed E-state index contributed by atoms with van der Waals surface area (Å²) in [6, 6.07) is 3.75. The summed E-state index contributed by atoms with van der Waals surface area (Å²) in [4.78, 5) is 23.5. The smallest absolute Gasteiger partial charge is 0.242 e. The first-order valence-corrected chi connectivity index (χ1v) is 6.88. The molecule has 2 N–H and O–H groups in total. The Kier molecular flexibility index (Phi) is 4.77.